The molecule has 2 amide bonds. The molecule has 0 saturated carbocycles. The number of aromatic nitrogens is 1. The zero-order chi connectivity index (χ0) is 20.2. The van der Waals surface area contributed by atoms with Crippen molar-refractivity contribution < 1.29 is 14.3 Å². The first-order valence-corrected chi connectivity index (χ1v) is 10.2. The molecular weight excluding hydrogens is 368 g/mol. The van der Waals surface area contributed by atoms with E-state index in [9.17, 15) is 9.59 Å². The molecule has 2 aliphatic heterocycles. The van der Waals surface area contributed by atoms with Crippen LogP contribution in [0.2, 0.25) is 0 Å². The number of rotatable bonds is 3. The van der Waals surface area contributed by atoms with Gasteiger partial charge >= 0.3 is 6.09 Å². The Balaban J connectivity index is 1.41. The molecule has 7 heteroatoms. The van der Waals surface area contributed by atoms with E-state index in [1.807, 2.05) is 42.2 Å². The van der Waals surface area contributed by atoms with Crippen molar-refractivity contribution in [3.63, 3.8) is 0 Å². The molecule has 1 fully saturated rings. The second-order valence-electron chi connectivity index (χ2n) is 7.27. The van der Waals surface area contributed by atoms with Gasteiger partial charge in [-0.1, -0.05) is 18.2 Å². The summed E-state index contributed by atoms with van der Waals surface area (Å²) in [6.45, 7) is 5.52. The average molecular weight is 394 g/mol. The fourth-order valence-corrected chi connectivity index (χ4v) is 3.93. The second kappa shape index (κ2) is 8.51. The third-order valence-electron chi connectivity index (χ3n) is 5.48. The number of ether oxygens (including phenoxy) is 1. The lowest BCUT2D eigenvalue weighted by Crippen LogP contribution is -2.49. The van der Waals surface area contributed by atoms with Crippen LogP contribution >= 0.6 is 0 Å². The Kier molecular flexibility index (Phi) is 5.64. The Hall–Kier alpha value is -3.09. The predicted octanol–water partition coefficient (Wildman–Crippen LogP) is 2.95. The summed E-state index contributed by atoms with van der Waals surface area (Å²) in [6.07, 6.45) is 3.38. The van der Waals surface area contributed by atoms with Crippen molar-refractivity contribution in [1.29, 1.82) is 0 Å². The predicted molar refractivity (Wildman–Crippen MR) is 111 cm³/mol. The van der Waals surface area contributed by atoms with Crippen LogP contribution in [0, 0.1) is 0 Å². The molecule has 0 bridgehead atoms. The summed E-state index contributed by atoms with van der Waals surface area (Å²) < 4.78 is 5.06. The minimum Gasteiger partial charge on any atom is -0.450 e. The standard InChI is InChI=1S/C22H26N4O3/c1-2-29-22(28)25-14-12-24(13-15-25)20-10-9-18(16-23-20)21(27)26-11-5-7-17-6-3-4-8-19(17)26/h3-4,6,8-10,16H,2,5,7,11-15H2,1H3. The van der Waals surface area contributed by atoms with E-state index >= 15 is 0 Å². The Morgan fingerprint density at radius 2 is 1.83 bits per heavy atom. The smallest absolute Gasteiger partial charge is 0.409 e. The van der Waals surface area contributed by atoms with Crippen LogP contribution in [-0.2, 0) is 11.2 Å². The summed E-state index contributed by atoms with van der Waals surface area (Å²) in [7, 11) is 0. The van der Waals surface area contributed by atoms with Gasteiger partial charge in [0.05, 0.1) is 12.2 Å². The van der Waals surface area contributed by atoms with Gasteiger partial charge in [0.15, 0.2) is 0 Å². The number of amides is 2. The van der Waals surface area contributed by atoms with E-state index in [0.717, 1.165) is 30.9 Å². The zero-order valence-corrected chi connectivity index (χ0v) is 16.7. The van der Waals surface area contributed by atoms with Crippen molar-refractivity contribution in [3.8, 4) is 0 Å². The summed E-state index contributed by atoms with van der Waals surface area (Å²) in [5, 5.41) is 0. The van der Waals surface area contributed by atoms with E-state index in [1.165, 1.54) is 5.56 Å². The van der Waals surface area contributed by atoms with Gasteiger partial charge < -0.3 is 19.4 Å². The Morgan fingerprint density at radius 3 is 2.55 bits per heavy atom. The molecule has 2 aromatic rings. The Labute approximate surface area is 170 Å². The third kappa shape index (κ3) is 4.04. The number of anilines is 2. The molecule has 1 aromatic heterocycles. The maximum Gasteiger partial charge on any atom is 0.409 e. The number of carbonyl (C=O) groups is 2. The first-order chi connectivity index (χ1) is 14.2. The molecule has 4 rings (SSSR count). The number of piperazine rings is 1. The van der Waals surface area contributed by atoms with Crippen LogP contribution in [0.4, 0.5) is 16.3 Å². The van der Waals surface area contributed by atoms with Crippen molar-refractivity contribution in [2.75, 3.05) is 49.1 Å². The van der Waals surface area contributed by atoms with E-state index in [1.54, 1.807) is 11.1 Å². The maximum absolute atomic E-state index is 13.0. The second-order valence-corrected chi connectivity index (χ2v) is 7.27. The highest BCUT2D eigenvalue weighted by Gasteiger charge is 2.25. The molecule has 0 spiro atoms. The van der Waals surface area contributed by atoms with Crippen molar-refractivity contribution in [2.45, 2.75) is 19.8 Å². The van der Waals surface area contributed by atoms with Gasteiger partial charge in [0.1, 0.15) is 5.82 Å². The quantitative estimate of drug-likeness (QED) is 0.801. The van der Waals surface area contributed by atoms with Crippen LogP contribution in [0.1, 0.15) is 29.3 Å². The molecule has 7 nitrogen and oxygen atoms in total. The highest BCUT2D eigenvalue weighted by molar-refractivity contribution is 6.06. The van der Waals surface area contributed by atoms with Crippen molar-refractivity contribution in [3.05, 3.63) is 53.7 Å². The topological polar surface area (TPSA) is 66.0 Å². The minimum atomic E-state index is -0.261. The molecule has 152 valence electrons. The van der Waals surface area contributed by atoms with Crippen molar-refractivity contribution in [1.82, 2.24) is 9.88 Å². The first kappa shape index (κ1) is 19.2. The number of carbonyl (C=O) groups excluding carboxylic acids is 2. The van der Waals surface area contributed by atoms with Gasteiger partial charge in [0.25, 0.3) is 5.91 Å². The lowest BCUT2D eigenvalue weighted by atomic mass is 10.0. The number of para-hydroxylation sites is 1. The summed E-state index contributed by atoms with van der Waals surface area (Å²) in [5.74, 6) is 0.812. The summed E-state index contributed by atoms with van der Waals surface area (Å²) in [5.41, 5.74) is 2.81. The molecule has 0 N–H and O–H groups in total. The van der Waals surface area contributed by atoms with Crippen LogP contribution < -0.4 is 9.80 Å². The number of pyridine rings is 1. The number of fused-ring (bicyclic) bond motifs is 1. The van der Waals surface area contributed by atoms with Crippen molar-refractivity contribution in [2.24, 2.45) is 0 Å². The van der Waals surface area contributed by atoms with Crippen LogP contribution in [-0.4, -0.2) is 61.2 Å². The number of aryl methyl sites for hydroxylation is 1. The van der Waals surface area contributed by atoms with E-state index in [4.69, 9.17) is 4.74 Å². The monoisotopic (exact) mass is 394 g/mol. The Morgan fingerprint density at radius 1 is 1.03 bits per heavy atom. The molecule has 1 saturated heterocycles. The highest BCUT2D eigenvalue weighted by atomic mass is 16.6. The van der Waals surface area contributed by atoms with E-state index in [2.05, 4.69) is 16.0 Å². The van der Waals surface area contributed by atoms with E-state index in [0.29, 0.717) is 38.3 Å². The number of nitrogens with zero attached hydrogens (tertiary/aromatic N) is 4. The largest absolute Gasteiger partial charge is 0.450 e. The Bertz CT molecular complexity index is 876. The first-order valence-electron chi connectivity index (χ1n) is 10.2. The van der Waals surface area contributed by atoms with Crippen LogP contribution in [0.5, 0.6) is 0 Å². The number of hydrogen-bond donors (Lipinski definition) is 0. The molecule has 1 aromatic carbocycles. The van der Waals surface area contributed by atoms with Gasteiger partial charge in [-0.2, -0.15) is 0 Å². The molecule has 29 heavy (non-hydrogen) atoms. The van der Waals surface area contributed by atoms with E-state index in [-0.39, 0.29) is 12.0 Å². The molecule has 2 aliphatic rings. The minimum absolute atomic E-state index is 0.0108. The molecular formula is C22H26N4O3. The lowest BCUT2D eigenvalue weighted by molar-refractivity contribution is 0.0983. The third-order valence-corrected chi connectivity index (χ3v) is 5.48. The highest BCUT2D eigenvalue weighted by Crippen LogP contribution is 2.28. The van der Waals surface area contributed by atoms with Crippen LogP contribution in [0.15, 0.2) is 42.6 Å². The van der Waals surface area contributed by atoms with Gasteiger partial charge in [-0.25, -0.2) is 9.78 Å². The molecule has 0 aliphatic carbocycles. The molecule has 3 heterocycles. The van der Waals surface area contributed by atoms with E-state index < -0.39 is 0 Å². The van der Waals surface area contributed by atoms with Gasteiger partial charge in [0, 0.05) is 44.6 Å². The molecule has 0 unspecified atom stereocenters. The van der Waals surface area contributed by atoms with Crippen LogP contribution in [0.3, 0.4) is 0 Å². The SMILES string of the molecule is CCOC(=O)N1CCN(c2ccc(C(=O)N3CCCc4ccccc43)cn2)CC1. The summed E-state index contributed by atoms with van der Waals surface area (Å²) in [6, 6.07) is 11.8. The zero-order valence-electron chi connectivity index (χ0n) is 16.7. The fourth-order valence-electron chi connectivity index (χ4n) is 3.93. The lowest BCUT2D eigenvalue weighted by Gasteiger charge is -2.34. The summed E-state index contributed by atoms with van der Waals surface area (Å²) >= 11 is 0. The average Bonchev–Trinajstić information content (AvgIpc) is 2.78. The number of hydrogen-bond acceptors (Lipinski definition) is 5. The maximum atomic E-state index is 13.0. The van der Waals surface area contributed by atoms with Gasteiger partial charge in [-0.15, -0.1) is 0 Å². The molecule has 0 radical (unpaired) electrons. The van der Waals surface area contributed by atoms with Gasteiger partial charge in [-0.3, -0.25) is 4.79 Å². The fraction of sp³-hybridized carbons (Fsp3) is 0.409. The summed E-state index contributed by atoms with van der Waals surface area (Å²) in [4.78, 5) is 35.1. The normalized spacial score (nSPS) is 16.4. The molecule has 0 atom stereocenters. The van der Waals surface area contributed by atoms with Gasteiger partial charge in [-0.05, 0) is 43.5 Å². The van der Waals surface area contributed by atoms with Crippen molar-refractivity contribution >= 4 is 23.5 Å². The van der Waals surface area contributed by atoms with Crippen LogP contribution in [0.25, 0.3) is 0 Å². The number of benzene rings is 1. The van der Waals surface area contributed by atoms with Gasteiger partial charge in [0.2, 0.25) is 0 Å².